The van der Waals surface area contributed by atoms with Gasteiger partial charge in [-0.25, -0.2) is 5.01 Å². The van der Waals surface area contributed by atoms with Crippen molar-refractivity contribution in [2.75, 3.05) is 5.75 Å². The van der Waals surface area contributed by atoms with Gasteiger partial charge in [0.05, 0.1) is 24.0 Å². The minimum atomic E-state index is -0.341. The Labute approximate surface area is 185 Å². The highest BCUT2D eigenvalue weighted by Gasteiger charge is 2.35. The van der Waals surface area contributed by atoms with E-state index in [1.807, 2.05) is 24.3 Å². The number of nitrogens with zero attached hydrogens (tertiary/aromatic N) is 6. The van der Waals surface area contributed by atoms with Crippen LogP contribution >= 0.6 is 23.4 Å². The molecule has 0 N–H and O–H groups in total. The number of benzene rings is 1. The number of carbonyl (C=O) groups excluding carboxylic acids is 1. The fourth-order valence-corrected chi connectivity index (χ4v) is 4.19. The Morgan fingerprint density at radius 2 is 2.03 bits per heavy atom. The van der Waals surface area contributed by atoms with Crippen LogP contribution in [0.4, 0.5) is 0 Å². The molecule has 1 amide bonds. The number of furan rings is 2. The maximum atomic E-state index is 13.1. The Balaban J connectivity index is 1.35. The summed E-state index contributed by atoms with van der Waals surface area (Å²) in [4.78, 5) is 13.1. The first-order chi connectivity index (χ1) is 15.2. The van der Waals surface area contributed by atoms with Gasteiger partial charge >= 0.3 is 0 Å². The lowest BCUT2D eigenvalue weighted by molar-refractivity contribution is -0.130. The van der Waals surface area contributed by atoms with Gasteiger partial charge in [0.2, 0.25) is 5.16 Å². The van der Waals surface area contributed by atoms with E-state index in [1.54, 1.807) is 36.8 Å². The molecule has 0 saturated heterocycles. The SMILES string of the molecule is O=C(CSc1nnnn1-c1cccc(Cl)c1)N1N=C(c2ccco2)CC1c1ccco1. The minimum absolute atomic E-state index is 0.0904. The number of aromatic nitrogens is 4. The lowest BCUT2D eigenvalue weighted by Gasteiger charge is -2.19. The van der Waals surface area contributed by atoms with E-state index >= 15 is 0 Å². The van der Waals surface area contributed by atoms with E-state index in [2.05, 4.69) is 20.6 Å². The van der Waals surface area contributed by atoms with E-state index < -0.39 is 0 Å². The summed E-state index contributed by atoms with van der Waals surface area (Å²) in [7, 11) is 0. The highest BCUT2D eigenvalue weighted by molar-refractivity contribution is 7.99. The number of amides is 1. The van der Waals surface area contributed by atoms with Crippen LogP contribution < -0.4 is 0 Å². The predicted molar refractivity (Wildman–Crippen MR) is 113 cm³/mol. The number of rotatable bonds is 6. The Morgan fingerprint density at radius 3 is 2.81 bits per heavy atom. The van der Waals surface area contributed by atoms with Crippen molar-refractivity contribution in [2.24, 2.45) is 5.10 Å². The van der Waals surface area contributed by atoms with E-state index in [-0.39, 0.29) is 17.7 Å². The molecule has 0 saturated carbocycles. The summed E-state index contributed by atoms with van der Waals surface area (Å²) in [6.07, 6.45) is 3.66. The summed E-state index contributed by atoms with van der Waals surface area (Å²) in [5, 5.41) is 18.8. The molecule has 9 nitrogen and oxygen atoms in total. The molecule has 1 aromatic carbocycles. The molecule has 0 radical (unpaired) electrons. The van der Waals surface area contributed by atoms with Crippen molar-refractivity contribution in [2.45, 2.75) is 17.6 Å². The van der Waals surface area contributed by atoms with E-state index in [9.17, 15) is 4.79 Å². The Bertz CT molecular complexity index is 1220. The molecular formula is C20H15ClN6O3S. The highest BCUT2D eigenvalue weighted by atomic mass is 35.5. The molecule has 0 bridgehead atoms. The molecule has 0 aliphatic carbocycles. The molecule has 11 heteroatoms. The Hall–Kier alpha value is -3.37. The topological polar surface area (TPSA) is 103 Å². The number of halogens is 1. The van der Waals surface area contributed by atoms with Gasteiger partial charge in [0.1, 0.15) is 23.3 Å². The largest absolute Gasteiger partial charge is 0.467 e. The zero-order valence-electron chi connectivity index (χ0n) is 16.0. The van der Waals surface area contributed by atoms with E-state index in [1.165, 1.54) is 21.5 Å². The van der Waals surface area contributed by atoms with Gasteiger partial charge in [-0.3, -0.25) is 4.79 Å². The second-order valence-electron chi connectivity index (χ2n) is 6.64. The fraction of sp³-hybridized carbons (Fsp3) is 0.150. The molecule has 0 spiro atoms. The molecule has 0 fully saturated rings. The van der Waals surface area contributed by atoms with Gasteiger partial charge in [0.25, 0.3) is 5.91 Å². The second-order valence-corrected chi connectivity index (χ2v) is 8.02. The number of hydrogen-bond donors (Lipinski definition) is 0. The summed E-state index contributed by atoms with van der Waals surface area (Å²) in [6, 6.07) is 14.0. The van der Waals surface area contributed by atoms with Crippen LogP contribution in [0.5, 0.6) is 0 Å². The third kappa shape index (κ3) is 3.99. The summed E-state index contributed by atoms with van der Waals surface area (Å²) < 4.78 is 12.5. The van der Waals surface area contributed by atoms with E-state index in [4.69, 9.17) is 20.4 Å². The van der Waals surface area contributed by atoms with Crippen LogP contribution in [0.25, 0.3) is 5.69 Å². The first kappa shape index (κ1) is 19.6. The monoisotopic (exact) mass is 454 g/mol. The van der Waals surface area contributed by atoms with Crippen LogP contribution in [-0.2, 0) is 4.79 Å². The van der Waals surface area contributed by atoms with Gasteiger partial charge in [-0.2, -0.15) is 9.78 Å². The van der Waals surface area contributed by atoms with Crippen molar-refractivity contribution >= 4 is 35.0 Å². The zero-order chi connectivity index (χ0) is 21.2. The molecule has 1 unspecified atom stereocenters. The van der Waals surface area contributed by atoms with Gasteiger partial charge in [-0.15, -0.1) is 5.10 Å². The Morgan fingerprint density at radius 1 is 1.16 bits per heavy atom. The molecule has 3 aromatic heterocycles. The number of thioether (sulfide) groups is 1. The average molecular weight is 455 g/mol. The van der Waals surface area contributed by atoms with Crippen molar-refractivity contribution in [3.63, 3.8) is 0 Å². The quantitative estimate of drug-likeness (QED) is 0.406. The van der Waals surface area contributed by atoms with Crippen LogP contribution in [0.3, 0.4) is 0 Å². The minimum Gasteiger partial charge on any atom is -0.467 e. The lowest BCUT2D eigenvalue weighted by Crippen LogP contribution is -2.28. The first-order valence-corrected chi connectivity index (χ1v) is 10.7. The van der Waals surface area contributed by atoms with Crippen LogP contribution in [0, 0.1) is 0 Å². The summed E-state index contributed by atoms with van der Waals surface area (Å²) in [5.74, 6) is 1.18. The molecule has 4 aromatic rings. The molecular weight excluding hydrogens is 440 g/mol. The van der Waals surface area contributed by atoms with Crippen LogP contribution in [0.15, 0.2) is 80.1 Å². The maximum Gasteiger partial charge on any atom is 0.253 e. The lowest BCUT2D eigenvalue weighted by atomic mass is 10.1. The van der Waals surface area contributed by atoms with Crippen LogP contribution in [-0.4, -0.2) is 42.6 Å². The molecule has 1 aliphatic heterocycles. The molecule has 1 aliphatic rings. The first-order valence-electron chi connectivity index (χ1n) is 9.33. The highest BCUT2D eigenvalue weighted by Crippen LogP contribution is 2.34. The van der Waals surface area contributed by atoms with Crippen molar-refractivity contribution in [3.8, 4) is 5.69 Å². The summed E-state index contributed by atoms with van der Waals surface area (Å²) >= 11 is 7.28. The number of tetrazole rings is 1. The maximum absolute atomic E-state index is 13.1. The predicted octanol–water partition coefficient (Wildman–Crippen LogP) is 3.97. The third-order valence-corrected chi connectivity index (χ3v) is 5.80. The van der Waals surface area contributed by atoms with Gasteiger partial charge in [0.15, 0.2) is 0 Å². The number of hydrazone groups is 1. The molecule has 4 heterocycles. The third-order valence-electron chi connectivity index (χ3n) is 4.66. The van der Waals surface area contributed by atoms with Gasteiger partial charge in [0, 0.05) is 11.4 Å². The number of hydrogen-bond acceptors (Lipinski definition) is 8. The van der Waals surface area contributed by atoms with Crippen molar-refractivity contribution in [3.05, 3.63) is 77.6 Å². The van der Waals surface area contributed by atoms with Crippen LogP contribution in [0.1, 0.15) is 24.0 Å². The van der Waals surface area contributed by atoms with Gasteiger partial charge in [-0.05, 0) is 52.9 Å². The van der Waals surface area contributed by atoms with Crippen molar-refractivity contribution in [1.29, 1.82) is 0 Å². The Kier molecular flexibility index (Phi) is 5.31. The summed E-state index contributed by atoms with van der Waals surface area (Å²) in [5.41, 5.74) is 1.40. The van der Waals surface area contributed by atoms with Crippen molar-refractivity contribution in [1.82, 2.24) is 25.2 Å². The standard InChI is InChI=1S/C20H15ClN6O3S/c21-13-4-1-5-14(10-13)26-20(22-24-25-26)31-12-19(28)27-16(18-7-3-9-30-18)11-15(23-27)17-6-2-8-29-17/h1-10,16H,11-12H2. The van der Waals surface area contributed by atoms with E-state index in [0.29, 0.717) is 39.5 Å². The summed E-state index contributed by atoms with van der Waals surface area (Å²) in [6.45, 7) is 0. The van der Waals surface area contributed by atoms with Gasteiger partial charge < -0.3 is 8.83 Å². The smallest absolute Gasteiger partial charge is 0.253 e. The molecule has 5 rings (SSSR count). The zero-order valence-corrected chi connectivity index (χ0v) is 17.5. The molecule has 1 atom stereocenters. The van der Waals surface area contributed by atoms with Crippen molar-refractivity contribution < 1.29 is 13.6 Å². The second kappa shape index (κ2) is 8.40. The van der Waals surface area contributed by atoms with Crippen LogP contribution in [0.2, 0.25) is 5.02 Å². The van der Waals surface area contributed by atoms with Gasteiger partial charge in [-0.1, -0.05) is 29.4 Å². The normalized spacial score (nSPS) is 16.0. The fourth-order valence-electron chi connectivity index (χ4n) is 3.27. The number of carbonyl (C=O) groups is 1. The van der Waals surface area contributed by atoms with E-state index in [0.717, 1.165) is 0 Å². The molecule has 156 valence electrons. The molecule has 31 heavy (non-hydrogen) atoms. The average Bonchev–Trinajstić information content (AvgIpc) is 3.56.